The average molecular weight is 240 g/mol. The summed E-state index contributed by atoms with van der Waals surface area (Å²) in [6, 6.07) is 0. The second-order valence-electron chi connectivity index (χ2n) is 3.92. The maximum atomic E-state index is 10.9. The minimum Gasteiger partial charge on any atom is -0.475 e. The first-order chi connectivity index (χ1) is 8.74. The summed E-state index contributed by atoms with van der Waals surface area (Å²) in [7, 11) is 0. The van der Waals surface area contributed by atoms with Crippen LogP contribution in [0.3, 0.4) is 0 Å². The highest BCUT2D eigenvalue weighted by atomic mass is 16.4. The van der Waals surface area contributed by atoms with E-state index in [1.807, 2.05) is 18.2 Å². The number of carbonyl (C=O) groups is 1. The van der Waals surface area contributed by atoms with Crippen LogP contribution in [-0.4, -0.2) is 31.0 Å². The zero-order valence-electron chi connectivity index (χ0n) is 8.95. The molecule has 7 heteroatoms. The van der Waals surface area contributed by atoms with Crippen LogP contribution < -0.4 is 9.75 Å². The van der Waals surface area contributed by atoms with Crippen LogP contribution in [0.25, 0.3) is 29.1 Å². The maximum Gasteiger partial charge on any atom is 0.387 e. The minimum atomic E-state index is -1.14. The number of nitrogens with one attached hydrogen (secondary N) is 1. The molecule has 4 rings (SSSR count). The molecule has 2 N–H and O–H groups in total. The maximum absolute atomic E-state index is 10.9. The van der Waals surface area contributed by atoms with Crippen molar-refractivity contribution in [3.63, 3.8) is 0 Å². The van der Waals surface area contributed by atoms with Gasteiger partial charge in [0.15, 0.2) is 10.9 Å². The number of carboxylic acid groups (broad SMARTS) is 1. The highest BCUT2D eigenvalue weighted by molar-refractivity contribution is 5.87. The van der Waals surface area contributed by atoms with Crippen molar-refractivity contribution in [2.24, 2.45) is 0 Å². The first-order valence-electron chi connectivity index (χ1n) is 5.26. The lowest BCUT2D eigenvalue weighted by atomic mass is 10.4. The zero-order chi connectivity index (χ0) is 12.3. The summed E-state index contributed by atoms with van der Waals surface area (Å²) in [6.45, 7) is 0. The highest BCUT2D eigenvalue weighted by Crippen LogP contribution is 2.08. The van der Waals surface area contributed by atoms with Crippen LogP contribution in [0.5, 0.6) is 0 Å². The van der Waals surface area contributed by atoms with Crippen molar-refractivity contribution in [1.29, 1.82) is 0 Å². The lowest BCUT2D eigenvalue weighted by Crippen LogP contribution is -2.27. The van der Waals surface area contributed by atoms with Crippen LogP contribution in [0.1, 0.15) is 16.3 Å². The van der Waals surface area contributed by atoms with Gasteiger partial charge in [0, 0.05) is 0 Å². The summed E-state index contributed by atoms with van der Waals surface area (Å²) in [6.07, 6.45) is 7.28. The molecule has 0 amide bonds. The molecule has 0 spiro atoms. The number of allylic oxidation sites excluding steroid dienone is 1. The van der Waals surface area contributed by atoms with Crippen LogP contribution in [0.4, 0.5) is 0 Å². The zero-order valence-corrected chi connectivity index (χ0v) is 8.95. The summed E-state index contributed by atoms with van der Waals surface area (Å²) in [5, 5.41) is 9.75. The molecule has 3 aromatic heterocycles. The Morgan fingerprint density at radius 2 is 2.22 bits per heavy atom. The van der Waals surface area contributed by atoms with E-state index in [4.69, 9.17) is 5.11 Å². The van der Waals surface area contributed by atoms with Gasteiger partial charge in [0.2, 0.25) is 0 Å². The van der Waals surface area contributed by atoms with Crippen LogP contribution in [0.2, 0.25) is 0 Å². The topological polar surface area (TPSA) is 95.9 Å². The van der Waals surface area contributed by atoms with Crippen molar-refractivity contribution in [3.05, 3.63) is 29.1 Å². The SMILES string of the molecule is O=C(O)c1nc2c[nH]c3nc4c([n+]3c2n1)C=CC=4. The van der Waals surface area contributed by atoms with Gasteiger partial charge in [0.25, 0.3) is 11.5 Å². The molecule has 0 radical (unpaired) electrons. The lowest BCUT2D eigenvalue weighted by molar-refractivity contribution is -0.487. The molecule has 1 aliphatic rings. The van der Waals surface area contributed by atoms with Crippen LogP contribution in [0.15, 0.2) is 12.3 Å². The van der Waals surface area contributed by atoms with Crippen molar-refractivity contribution in [1.82, 2.24) is 19.9 Å². The molecular formula is C11H6N5O2+. The smallest absolute Gasteiger partial charge is 0.387 e. The lowest BCUT2D eigenvalue weighted by Gasteiger charge is -1.89. The molecule has 0 unspecified atom stereocenters. The van der Waals surface area contributed by atoms with Crippen LogP contribution >= 0.6 is 0 Å². The molecule has 7 nitrogen and oxygen atoms in total. The molecule has 86 valence electrons. The molecule has 0 saturated heterocycles. The Morgan fingerprint density at radius 3 is 3.06 bits per heavy atom. The third kappa shape index (κ3) is 1.000. The van der Waals surface area contributed by atoms with Crippen molar-refractivity contribution in [2.45, 2.75) is 0 Å². The fourth-order valence-electron chi connectivity index (χ4n) is 2.11. The van der Waals surface area contributed by atoms with E-state index in [1.165, 1.54) is 0 Å². The monoisotopic (exact) mass is 240 g/mol. The standard InChI is InChI=1S/C11H5N5O2/c17-10(18)8-13-6-4-12-11-14-5-2-1-3-7(5)16(11)9(6)15-8/h1-4H,(H,17,18)/p+1. The number of aromatic nitrogens is 5. The van der Waals surface area contributed by atoms with E-state index in [-0.39, 0.29) is 5.82 Å². The van der Waals surface area contributed by atoms with E-state index in [9.17, 15) is 4.79 Å². The van der Waals surface area contributed by atoms with E-state index in [0.717, 1.165) is 11.0 Å². The van der Waals surface area contributed by atoms with Crippen molar-refractivity contribution in [2.75, 3.05) is 0 Å². The van der Waals surface area contributed by atoms with Gasteiger partial charge in [0.05, 0.1) is 6.20 Å². The Bertz CT molecular complexity index is 909. The van der Waals surface area contributed by atoms with E-state index in [1.54, 1.807) is 10.6 Å². The molecule has 0 saturated carbocycles. The number of H-pyrrole nitrogens is 1. The summed E-state index contributed by atoms with van der Waals surface area (Å²) in [5.41, 5.74) is 1.87. The first-order valence-corrected chi connectivity index (χ1v) is 5.26. The number of hydrogen-bond acceptors (Lipinski definition) is 4. The second kappa shape index (κ2) is 2.89. The molecule has 1 aliphatic carbocycles. The molecular weight excluding hydrogens is 234 g/mol. The second-order valence-corrected chi connectivity index (χ2v) is 3.92. The normalized spacial score (nSPS) is 13.1. The predicted octanol–water partition coefficient (Wildman–Crippen LogP) is -0.684. The van der Waals surface area contributed by atoms with Gasteiger partial charge in [-0.15, -0.1) is 9.97 Å². The number of carboxylic acids is 1. The molecule has 3 aromatic rings. The Labute approximate surface area is 99.1 Å². The Balaban J connectivity index is 2.23. The summed E-state index contributed by atoms with van der Waals surface area (Å²) < 4.78 is 1.77. The number of hydrogen-bond donors (Lipinski definition) is 2. The van der Waals surface area contributed by atoms with Gasteiger partial charge in [0.1, 0.15) is 5.69 Å². The third-order valence-corrected chi connectivity index (χ3v) is 2.86. The average Bonchev–Trinajstić information content (AvgIpc) is 2.99. The number of imidazole rings is 2. The fraction of sp³-hybridized carbons (Fsp3) is 0. The first kappa shape index (κ1) is 9.23. The molecule has 18 heavy (non-hydrogen) atoms. The number of nitrogens with zero attached hydrogens (tertiary/aromatic N) is 4. The van der Waals surface area contributed by atoms with Crippen molar-refractivity contribution < 1.29 is 14.3 Å². The molecule has 0 bridgehead atoms. The number of rotatable bonds is 1. The van der Waals surface area contributed by atoms with Gasteiger partial charge in [-0.3, -0.25) is 4.98 Å². The van der Waals surface area contributed by atoms with Crippen LogP contribution in [0, 0.1) is 0 Å². The van der Waals surface area contributed by atoms with Gasteiger partial charge in [-0.05, 0) is 12.2 Å². The molecule has 0 aliphatic heterocycles. The number of aromatic carboxylic acids is 1. The van der Waals surface area contributed by atoms with Gasteiger partial charge in [-0.25, -0.2) is 9.78 Å². The minimum absolute atomic E-state index is 0.209. The van der Waals surface area contributed by atoms with Gasteiger partial charge in [-0.2, -0.15) is 4.40 Å². The molecule has 3 heterocycles. The van der Waals surface area contributed by atoms with Crippen LogP contribution in [-0.2, 0) is 0 Å². The highest BCUT2D eigenvalue weighted by Gasteiger charge is 2.23. The largest absolute Gasteiger partial charge is 0.475 e. The third-order valence-electron chi connectivity index (χ3n) is 2.86. The summed E-state index contributed by atoms with van der Waals surface area (Å²) >= 11 is 0. The summed E-state index contributed by atoms with van der Waals surface area (Å²) in [5.74, 6) is -0.734. The Hall–Kier alpha value is -2.83. The van der Waals surface area contributed by atoms with E-state index >= 15 is 0 Å². The summed E-state index contributed by atoms with van der Waals surface area (Å²) in [4.78, 5) is 26.2. The van der Waals surface area contributed by atoms with E-state index in [2.05, 4.69) is 19.9 Å². The van der Waals surface area contributed by atoms with Gasteiger partial charge < -0.3 is 5.11 Å². The number of fused-ring (bicyclic) bond motifs is 5. The quantitative estimate of drug-likeness (QED) is 0.549. The van der Waals surface area contributed by atoms with Gasteiger partial charge in [-0.1, -0.05) is 6.08 Å². The molecule has 0 fully saturated rings. The fourth-order valence-corrected chi connectivity index (χ4v) is 2.11. The predicted molar refractivity (Wildman–Crippen MR) is 60.5 cm³/mol. The van der Waals surface area contributed by atoms with E-state index in [0.29, 0.717) is 16.9 Å². The molecule has 0 atom stereocenters. The van der Waals surface area contributed by atoms with Crippen molar-refractivity contribution in [3.8, 4) is 0 Å². The Kier molecular flexibility index (Phi) is 1.48. The molecule has 0 aromatic carbocycles. The van der Waals surface area contributed by atoms with Gasteiger partial charge >= 0.3 is 11.7 Å². The van der Waals surface area contributed by atoms with Crippen molar-refractivity contribution >= 4 is 35.1 Å². The van der Waals surface area contributed by atoms with E-state index < -0.39 is 5.97 Å². The number of aromatic amines is 1. The Morgan fingerprint density at radius 1 is 1.33 bits per heavy atom.